The lowest BCUT2D eigenvalue weighted by molar-refractivity contribution is -0.174. The Hall–Kier alpha value is -0.910. The summed E-state index contributed by atoms with van der Waals surface area (Å²) in [4.78, 5) is 0. The fourth-order valence-electron chi connectivity index (χ4n) is 1.94. The molecule has 0 bridgehead atoms. The number of fused-ring (bicyclic) bond motifs is 1. The average molecular weight is 326 g/mol. The van der Waals surface area contributed by atoms with Gasteiger partial charge < -0.3 is 9.30 Å². The lowest BCUT2D eigenvalue weighted by atomic mass is 10.2. The third kappa shape index (κ3) is 4.04. The summed E-state index contributed by atoms with van der Waals surface area (Å²) in [7, 11) is 0. The predicted octanol–water partition coefficient (Wildman–Crippen LogP) is 4.92. The molecule has 0 spiro atoms. The SMILES string of the molecule is FC(F)(F)COCCCn1ccc2c(Cl)cc(Cl)cc21. The quantitative estimate of drug-likeness (QED) is 0.712. The van der Waals surface area contributed by atoms with Gasteiger partial charge >= 0.3 is 6.18 Å². The Kier molecular flexibility index (Phi) is 4.83. The van der Waals surface area contributed by atoms with E-state index in [4.69, 9.17) is 23.2 Å². The van der Waals surface area contributed by atoms with Crippen molar-refractivity contribution >= 4 is 34.1 Å². The standard InChI is InChI=1S/C13H12Cl2F3NO/c14-9-6-11(15)10-2-4-19(12(10)7-9)3-1-5-20-8-13(16,17)18/h2,4,6-7H,1,3,5,8H2. The minimum atomic E-state index is -4.28. The molecule has 0 saturated heterocycles. The number of hydrogen-bond donors (Lipinski definition) is 0. The summed E-state index contributed by atoms with van der Waals surface area (Å²) < 4.78 is 42.1. The second-order valence-electron chi connectivity index (χ2n) is 4.35. The molecule has 0 saturated carbocycles. The van der Waals surface area contributed by atoms with Crippen LogP contribution in [0, 0.1) is 0 Å². The maximum atomic E-state index is 11.9. The van der Waals surface area contributed by atoms with Crippen LogP contribution < -0.4 is 0 Å². The zero-order valence-corrected chi connectivity index (χ0v) is 11.9. The van der Waals surface area contributed by atoms with E-state index < -0.39 is 12.8 Å². The Morgan fingerprint density at radius 2 is 1.95 bits per heavy atom. The Balaban J connectivity index is 1.94. The first-order chi connectivity index (χ1) is 9.37. The summed E-state index contributed by atoms with van der Waals surface area (Å²) in [5.41, 5.74) is 0.860. The van der Waals surface area contributed by atoms with Gasteiger partial charge in [-0.1, -0.05) is 23.2 Å². The number of rotatable bonds is 5. The fraction of sp³-hybridized carbons (Fsp3) is 0.385. The van der Waals surface area contributed by atoms with Crippen molar-refractivity contribution in [3.05, 3.63) is 34.4 Å². The molecular weight excluding hydrogens is 314 g/mol. The van der Waals surface area contributed by atoms with E-state index in [1.54, 1.807) is 12.1 Å². The van der Waals surface area contributed by atoms with Crippen LogP contribution in [0.2, 0.25) is 10.0 Å². The molecule has 0 N–H and O–H groups in total. The average Bonchev–Trinajstić information content (AvgIpc) is 2.70. The van der Waals surface area contributed by atoms with Gasteiger partial charge in [-0.2, -0.15) is 13.2 Å². The van der Waals surface area contributed by atoms with Crippen molar-refractivity contribution in [2.45, 2.75) is 19.1 Å². The van der Waals surface area contributed by atoms with E-state index in [1.165, 1.54) is 0 Å². The Morgan fingerprint density at radius 3 is 2.65 bits per heavy atom. The van der Waals surface area contributed by atoms with Crippen molar-refractivity contribution in [3.8, 4) is 0 Å². The summed E-state index contributed by atoms with van der Waals surface area (Å²) in [6, 6.07) is 5.28. The zero-order chi connectivity index (χ0) is 14.8. The van der Waals surface area contributed by atoms with Crippen LogP contribution >= 0.6 is 23.2 Å². The van der Waals surface area contributed by atoms with Crippen molar-refractivity contribution < 1.29 is 17.9 Å². The van der Waals surface area contributed by atoms with Gasteiger partial charge in [0.05, 0.1) is 10.5 Å². The predicted molar refractivity (Wildman–Crippen MR) is 73.4 cm³/mol. The molecule has 0 aliphatic heterocycles. The van der Waals surface area contributed by atoms with E-state index in [2.05, 4.69) is 4.74 Å². The van der Waals surface area contributed by atoms with Crippen LogP contribution in [-0.4, -0.2) is 24.0 Å². The highest BCUT2D eigenvalue weighted by molar-refractivity contribution is 6.38. The molecular formula is C13H12Cl2F3NO. The summed E-state index contributed by atoms with van der Waals surface area (Å²) in [5.74, 6) is 0. The number of hydrogen-bond acceptors (Lipinski definition) is 1. The second-order valence-corrected chi connectivity index (χ2v) is 5.19. The summed E-state index contributed by atoms with van der Waals surface area (Å²) >= 11 is 12.0. The third-order valence-electron chi connectivity index (χ3n) is 2.76. The van der Waals surface area contributed by atoms with Gasteiger partial charge in [-0.05, 0) is 24.6 Å². The van der Waals surface area contributed by atoms with Crippen LogP contribution in [0.4, 0.5) is 13.2 Å². The molecule has 0 aliphatic carbocycles. The van der Waals surface area contributed by atoms with Gasteiger partial charge in [0.2, 0.25) is 0 Å². The molecule has 0 atom stereocenters. The van der Waals surface area contributed by atoms with Crippen LogP contribution in [0.15, 0.2) is 24.4 Å². The fourth-order valence-corrected chi connectivity index (χ4v) is 2.48. The molecule has 0 unspecified atom stereocenters. The molecule has 1 aromatic carbocycles. The second kappa shape index (κ2) is 6.24. The molecule has 7 heteroatoms. The molecule has 0 aliphatic rings. The van der Waals surface area contributed by atoms with Gasteiger partial charge in [0.1, 0.15) is 6.61 Å². The minimum Gasteiger partial charge on any atom is -0.372 e. The van der Waals surface area contributed by atoms with Crippen LogP contribution in [0.5, 0.6) is 0 Å². The maximum absolute atomic E-state index is 11.9. The van der Waals surface area contributed by atoms with Crippen LogP contribution in [0.1, 0.15) is 6.42 Å². The summed E-state index contributed by atoms with van der Waals surface area (Å²) in [6.07, 6.45) is -1.97. The van der Waals surface area contributed by atoms with Gasteiger partial charge in [0, 0.05) is 29.8 Å². The Labute approximate surface area is 124 Å². The van der Waals surface area contributed by atoms with Gasteiger partial charge in [-0.25, -0.2) is 0 Å². The number of alkyl halides is 3. The highest BCUT2D eigenvalue weighted by Crippen LogP contribution is 2.28. The topological polar surface area (TPSA) is 14.2 Å². The molecule has 0 radical (unpaired) electrons. The minimum absolute atomic E-state index is 0.0491. The normalized spacial score (nSPS) is 12.2. The van der Waals surface area contributed by atoms with E-state index >= 15 is 0 Å². The van der Waals surface area contributed by atoms with E-state index in [0.29, 0.717) is 23.0 Å². The van der Waals surface area contributed by atoms with E-state index in [0.717, 1.165) is 10.9 Å². The van der Waals surface area contributed by atoms with E-state index in [-0.39, 0.29) is 6.61 Å². The number of aromatic nitrogens is 1. The molecule has 1 heterocycles. The molecule has 1 aromatic heterocycles. The first kappa shape index (κ1) is 15.5. The van der Waals surface area contributed by atoms with Crippen LogP contribution in [-0.2, 0) is 11.3 Å². The molecule has 20 heavy (non-hydrogen) atoms. The molecule has 0 amide bonds. The zero-order valence-electron chi connectivity index (χ0n) is 10.4. The molecule has 2 nitrogen and oxygen atoms in total. The number of nitrogens with zero attached hydrogens (tertiary/aromatic N) is 1. The van der Waals surface area contributed by atoms with Crippen molar-refractivity contribution in [2.75, 3.05) is 13.2 Å². The molecule has 2 aromatic rings. The Bertz CT molecular complexity index is 595. The largest absolute Gasteiger partial charge is 0.411 e. The van der Waals surface area contributed by atoms with Crippen molar-refractivity contribution in [3.63, 3.8) is 0 Å². The van der Waals surface area contributed by atoms with Crippen LogP contribution in [0.25, 0.3) is 10.9 Å². The highest BCUT2D eigenvalue weighted by Gasteiger charge is 2.27. The van der Waals surface area contributed by atoms with E-state index in [1.807, 2.05) is 16.8 Å². The molecule has 0 fully saturated rings. The van der Waals surface area contributed by atoms with Gasteiger partial charge in [-0.3, -0.25) is 0 Å². The number of ether oxygens (including phenoxy) is 1. The Morgan fingerprint density at radius 1 is 1.20 bits per heavy atom. The number of halogens is 5. The smallest absolute Gasteiger partial charge is 0.372 e. The lowest BCUT2D eigenvalue weighted by Crippen LogP contribution is -2.17. The maximum Gasteiger partial charge on any atom is 0.411 e. The van der Waals surface area contributed by atoms with Crippen molar-refractivity contribution in [1.29, 1.82) is 0 Å². The van der Waals surface area contributed by atoms with E-state index in [9.17, 15) is 13.2 Å². The highest BCUT2D eigenvalue weighted by atomic mass is 35.5. The van der Waals surface area contributed by atoms with Gasteiger partial charge in [0.15, 0.2) is 0 Å². The van der Waals surface area contributed by atoms with Gasteiger partial charge in [-0.15, -0.1) is 0 Å². The first-order valence-electron chi connectivity index (χ1n) is 5.95. The van der Waals surface area contributed by atoms with Crippen molar-refractivity contribution in [1.82, 2.24) is 4.57 Å². The summed E-state index contributed by atoms with van der Waals surface area (Å²) in [5, 5.41) is 1.95. The summed E-state index contributed by atoms with van der Waals surface area (Å²) in [6.45, 7) is -0.622. The monoisotopic (exact) mass is 325 g/mol. The van der Waals surface area contributed by atoms with Crippen molar-refractivity contribution in [2.24, 2.45) is 0 Å². The number of aryl methyl sites for hydroxylation is 1. The molecule has 2 rings (SSSR count). The number of benzene rings is 1. The lowest BCUT2D eigenvalue weighted by Gasteiger charge is -2.09. The van der Waals surface area contributed by atoms with Gasteiger partial charge in [0.25, 0.3) is 0 Å². The van der Waals surface area contributed by atoms with Crippen LogP contribution in [0.3, 0.4) is 0 Å². The molecule has 110 valence electrons. The third-order valence-corrected chi connectivity index (χ3v) is 3.29. The first-order valence-corrected chi connectivity index (χ1v) is 6.71.